The van der Waals surface area contributed by atoms with Crippen molar-refractivity contribution in [2.75, 3.05) is 24.5 Å². The number of rotatable bonds is 4. The minimum Gasteiger partial charge on any atom is -0.490 e. The van der Waals surface area contributed by atoms with Crippen LogP contribution in [0.15, 0.2) is 48.5 Å². The molecule has 5 heteroatoms. The van der Waals surface area contributed by atoms with Crippen LogP contribution in [0.5, 0.6) is 5.75 Å². The van der Waals surface area contributed by atoms with Crippen LogP contribution in [0.25, 0.3) is 0 Å². The highest BCUT2D eigenvalue weighted by atomic mass is 16.5. The van der Waals surface area contributed by atoms with Gasteiger partial charge in [-0.3, -0.25) is 9.59 Å². The van der Waals surface area contributed by atoms with Gasteiger partial charge in [0.25, 0.3) is 5.91 Å². The van der Waals surface area contributed by atoms with Gasteiger partial charge < -0.3 is 14.5 Å². The van der Waals surface area contributed by atoms with E-state index in [1.807, 2.05) is 60.4 Å². The van der Waals surface area contributed by atoms with E-state index in [-0.39, 0.29) is 17.9 Å². The summed E-state index contributed by atoms with van der Waals surface area (Å²) in [5.74, 6) is 1.14. The minimum absolute atomic E-state index is 0.0497. The smallest absolute Gasteiger partial charge is 0.253 e. The number of aryl methyl sites for hydroxylation is 1. The molecule has 0 atom stereocenters. The van der Waals surface area contributed by atoms with Gasteiger partial charge in [-0.05, 0) is 49.2 Å². The van der Waals surface area contributed by atoms with E-state index in [1.165, 1.54) is 0 Å². The largest absolute Gasteiger partial charge is 0.490 e. The maximum absolute atomic E-state index is 12.8. The first kappa shape index (κ1) is 18.5. The fourth-order valence-electron chi connectivity index (χ4n) is 3.93. The highest BCUT2D eigenvalue weighted by Crippen LogP contribution is 2.25. The number of anilines is 1. The number of nitrogens with zero attached hydrogens (tertiary/aromatic N) is 2. The Balaban J connectivity index is 1.33. The SMILES string of the molecule is Cc1ccccc1OC1CCN(C(=O)c2ccc(N3CCCC3=O)cc2)CC1. The van der Waals surface area contributed by atoms with E-state index in [0.717, 1.165) is 42.8 Å². The Bertz CT molecular complexity index is 854. The van der Waals surface area contributed by atoms with Gasteiger partial charge in [-0.25, -0.2) is 0 Å². The standard InChI is InChI=1S/C23H26N2O3/c1-17-5-2-3-6-21(17)28-20-12-15-24(16-13-20)23(27)18-8-10-19(11-9-18)25-14-4-7-22(25)26/h2-3,5-6,8-11,20H,4,7,12-16H2,1H3. The normalized spacial score (nSPS) is 17.8. The number of hydrogen-bond donors (Lipinski definition) is 0. The molecule has 2 saturated heterocycles. The molecule has 28 heavy (non-hydrogen) atoms. The quantitative estimate of drug-likeness (QED) is 0.813. The number of likely N-dealkylation sites (tertiary alicyclic amines) is 1. The molecular formula is C23H26N2O3. The van der Waals surface area contributed by atoms with Crippen molar-refractivity contribution in [3.05, 3.63) is 59.7 Å². The summed E-state index contributed by atoms with van der Waals surface area (Å²) < 4.78 is 6.13. The molecule has 2 aliphatic heterocycles. The molecule has 2 fully saturated rings. The van der Waals surface area contributed by atoms with Gasteiger partial charge in [0.05, 0.1) is 0 Å². The van der Waals surface area contributed by atoms with Crippen molar-refractivity contribution in [2.24, 2.45) is 0 Å². The van der Waals surface area contributed by atoms with Crippen LogP contribution in [0.3, 0.4) is 0 Å². The first-order chi connectivity index (χ1) is 13.6. The van der Waals surface area contributed by atoms with Gasteiger partial charge in [0.2, 0.25) is 5.91 Å². The molecule has 0 radical (unpaired) electrons. The highest BCUT2D eigenvalue weighted by Gasteiger charge is 2.26. The molecule has 0 aliphatic carbocycles. The maximum atomic E-state index is 12.8. The lowest BCUT2D eigenvalue weighted by atomic mass is 10.1. The van der Waals surface area contributed by atoms with Crippen LogP contribution in [-0.2, 0) is 4.79 Å². The molecule has 2 aromatic carbocycles. The Morgan fingerprint density at radius 3 is 2.36 bits per heavy atom. The lowest BCUT2D eigenvalue weighted by molar-refractivity contribution is -0.117. The van der Waals surface area contributed by atoms with Gasteiger partial charge >= 0.3 is 0 Å². The predicted molar refractivity (Wildman–Crippen MR) is 109 cm³/mol. The summed E-state index contributed by atoms with van der Waals surface area (Å²) in [5, 5.41) is 0. The second kappa shape index (κ2) is 8.05. The summed E-state index contributed by atoms with van der Waals surface area (Å²) in [4.78, 5) is 28.4. The van der Waals surface area contributed by atoms with Crippen molar-refractivity contribution in [3.63, 3.8) is 0 Å². The van der Waals surface area contributed by atoms with Crippen molar-refractivity contribution in [3.8, 4) is 5.75 Å². The van der Waals surface area contributed by atoms with Gasteiger partial charge in [-0.15, -0.1) is 0 Å². The zero-order valence-electron chi connectivity index (χ0n) is 16.3. The number of carbonyl (C=O) groups excluding carboxylic acids is 2. The maximum Gasteiger partial charge on any atom is 0.253 e. The zero-order chi connectivity index (χ0) is 19.5. The summed E-state index contributed by atoms with van der Waals surface area (Å²) >= 11 is 0. The predicted octanol–water partition coefficient (Wildman–Crippen LogP) is 3.81. The molecule has 4 rings (SSSR count). The lowest BCUT2D eigenvalue weighted by Crippen LogP contribution is -2.41. The van der Waals surface area contributed by atoms with E-state index in [0.29, 0.717) is 25.1 Å². The Morgan fingerprint density at radius 2 is 1.71 bits per heavy atom. The summed E-state index contributed by atoms with van der Waals surface area (Å²) in [6.07, 6.45) is 3.33. The second-order valence-electron chi connectivity index (χ2n) is 7.57. The molecule has 2 aliphatic rings. The van der Waals surface area contributed by atoms with E-state index in [1.54, 1.807) is 4.90 Å². The van der Waals surface area contributed by atoms with E-state index in [4.69, 9.17) is 4.74 Å². The Kier molecular flexibility index (Phi) is 5.33. The van der Waals surface area contributed by atoms with Gasteiger partial charge in [0.1, 0.15) is 11.9 Å². The Hall–Kier alpha value is -2.82. The first-order valence-electron chi connectivity index (χ1n) is 10.0. The molecule has 2 aromatic rings. The van der Waals surface area contributed by atoms with Crippen LogP contribution in [0, 0.1) is 6.92 Å². The summed E-state index contributed by atoms with van der Waals surface area (Å²) in [6.45, 7) is 4.21. The van der Waals surface area contributed by atoms with Crippen LogP contribution in [0.1, 0.15) is 41.6 Å². The average molecular weight is 378 g/mol. The number of para-hydroxylation sites is 1. The molecule has 5 nitrogen and oxygen atoms in total. The molecule has 0 spiro atoms. The molecule has 146 valence electrons. The summed E-state index contributed by atoms with van der Waals surface area (Å²) in [5.41, 5.74) is 2.69. The minimum atomic E-state index is 0.0497. The van der Waals surface area contributed by atoms with Crippen LogP contribution >= 0.6 is 0 Å². The van der Waals surface area contributed by atoms with Crippen LogP contribution < -0.4 is 9.64 Å². The Morgan fingerprint density at radius 1 is 1.00 bits per heavy atom. The zero-order valence-corrected chi connectivity index (χ0v) is 16.3. The van der Waals surface area contributed by atoms with Gasteiger partial charge in [0.15, 0.2) is 0 Å². The van der Waals surface area contributed by atoms with Crippen LogP contribution in [0.2, 0.25) is 0 Å². The van der Waals surface area contributed by atoms with E-state index < -0.39 is 0 Å². The number of amides is 2. The first-order valence-corrected chi connectivity index (χ1v) is 10.0. The number of carbonyl (C=O) groups is 2. The molecule has 0 unspecified atom stereocenters. The fraction of sp³-hybridized carbons (Fsp3) is 0.391. The molecule has 0 bridgehead atoms. The van der Waals surface area contributed by atoms with E-state index in [2.05, 4.69) is 0 Å². The van der Waals surface area contributed by atoms with Gasteiger partial charge in [-0.1, -0.05) is 18.2 Å². The number of hydrogen-bond acceptors (Lipinski definition) is 3. The van der Waals surface area contributed by atoms with Gasteiger partial charge in [-0.2, -0.15) is 0 Å². The highest BCUT2D eigenvalue weighted by molar-refractivity contribution is 5.97. The van der Waals surface area contributed by atoms with Crippen LogP contribution in [0.4, 0.5) is 5.69 Å². The molecular weight excluding hydrogens is 352 g/mol. The van der Waals surface area contributed by atoms with Crippen molar-refractivity contribution in [1.82, 2.24) is 4.90 Å². The summed E-state index contributed by atoms with van der Waals surface area (Å²) in [6, 6.07) is 15.5. The third kappa shape index (κ3) is 3.88. The topological polar surface area (TPSA) is 49.9 Å². The average Bonchev–Trinajstić information content (AvgIpc) is 3.16. The number of benzene rings is 2. The summed E-state index contributed by atoms with van der Waals surface area (Å²) in [7, 11) is 0. The van der Waals surface area contributed by atoms with Crippen molar-refractivity contribution in [2.45, 2.75) is 38.7 Å². The molecule has 2 heterocycles. The van der Waals surface area contributed by atoms with Crippen molar-refractivity contribution in [1.29, 1.82) is 0 Å². The van der Waals surface area contributed by atoms with E-state index in [9.17, 15) is 9.59 Å². The monoisotopic (exact) mass is 378 g/mol. The molecule has 0 aromatic heterocycles. The second-order valence-corrected chi connectivity index (χ2v) is 7.57. The van der Waals surface area contributed by atoms with E-state index >= 15 is 0 Å². The Labute approximate surface area is 165 Å². The van der Waals surface area contributed by atoms with Gasteiger partial charge in [0, 0.05) is 50.1 Å². The third-order valence-corrected chi connectivity index (χ3v) is 5.62. The van der Waals surface area contributed by atoms with Crippen molar-refractivity contribution >= 4 is 17.5 Å². The number of piperidine rings is 1. The molecule has 0 N–H and O–H groups in total. The molecule has 0 saturated carbocycles. The number of ether oxygens (including phenoxy) is 1. The third-order valence-electron chi connectivity index (χ3n) is 5.62. The van der Waals surface area contributed by atoms with Crippen molar-refractivity contribution < 1.29 is 14.3 Å². The molecule has 2 amide bonds. The van der Waals surface area contributed by atoms with Crippen LogP contribution in [-0.4, -0.2) is 42.5 Å². The fourth-order valence-corrected chi connectivity index (χ4v) is 3.93. The lowest BCUT2D eigenvalue weighted by Gasteiger charge is -2.32.